The van der Waals surface area contributed by atoms with Crippen LogP contribution in [0.1, 0.15) is 30.9 Å². The van der Waals surface area contributed by atoms with E-state index >= 15 is 0 Å². The molecule has 0 radical (unpaired) electrons. The molecule has 2 aromatic carbocycles. The standard InChI is InChI=1S/C20H21N3O2/c1-13(2)18-9-4-6-14(3)19(18)23-20(25)15(11-21)12-22-16-7-5-8-17(24)10-16/h4-10,12-13,22,24H,1-3H3,(H,23,25)/b15-12-. The number of aryl methyl sites for hydroxylation is 1. The first kappa shape index (κ1) is 18.1. The van der Waals surface area contributed by atoms with E-state index in [-0.39, 0.29) is 17.2 Å². The number of anilines is 2. The van der Waals surface area contributed by atoms with Crippen molar-refractivity contribution in [3.8, 4) is 11.8 Å². The molecule has 2 rings (SSSR count). The van der Waals surface area contributed by atoms with Crippen molar-refractivity contribution in [3.05, 3.63) is 65.4 Å². The van der Waals surface area contributed by atoms with Gasteiger partial charge in [0.1, 0.15) is 17.4 Å². The molecule has 0 spiro atoms. The van der Waals surface area contributed by atoms with Crippen LogP contribution in [0.15, 0.2) is 54.2 Å². The van der Waals surface area contributed by atoms with Crippen LogP contribution in [-0.2, 0) is 4.79 Å². The molecule has 3 N–H and O–H groups in total. The van der Waals surface area contributed by atoms with Gasteiger partial charge in [0, 0.05) is 23.6 Å². The van der Waals surface area contributed by atoms with Gasteiger partial charge in [-0.2, -0.15) is 5.26 Å². The number of hydrogen-bond donors (Lipinski definition) is 3. The molecule has 0 aliphatic heterocycles. The van der Waals surface area contributed by atoms with Crippen LogP contribution in [0.4, 0.5) is 11.4 Å². The number of nitrogens with zero attached hydrogens (tertiary/aromatic N) is 1. The predicted molar refractivity (Wildman–Crippen MR) is 99.3 cm³/mol. The van der Waals surface area contributed by atoms with Gasteiger partial charge in [0.05, 0.1) is 0 Å². The second kappa shape index (κ2) is 8.02. The van der Waals surface area contributed by atoms with Crippen LogP contribution < -0.4 is 10.6 Å². The highest BCUT2D eigenvalue weighted by atomic mass is 16.3. The maximum Gasteiger partial charge on any atom is 0.267 e. The number of amides is 1. The number of para-hydroxylation sites is 1. The minimum atomic E-state index is -0.480. The normalized spacial score (nSPS) is 11.1. The molecule has 25 heavy (non-hydrogen) atoms. The molecule has 0 unspecified atom stereocenters. The van der Waals surface area contributed by atoms with E-state index in [4.69, 9.17) is 0 Å². The summed E-state index contributed by atoms with van der Waals surface area (Å²) in [6.07, 6.45) is 1.33. The lowest BCUT2D eigenvalue weighted by Crippen LogP contribution is -2.17. The van der Waals surface area contributed by atoms with Crippen molar-refractivity contribution in [1.29, 1.82) is 5.26 Å². The molecule has 0 fully saturated rings. The fourth-order valence-electron chi connectivity index (χ4n) is 2.42. The summed E-state index contributed by atoms with van der Waals surface area (Å²) in [5.74, 6) is -0.135. The van der Waals surface area contributed by atoms with Crippen LogP contribution in [0.2, 0.25) is 0 Å². The lowest BCUT2D eigenvalue weighted by atomic mass is 9.98. The van der Waals surface area contributed by atoms with Crippen LogP contribution in [0.3, 0.4) is 0 Å². The number of nitrogens with one attached hydrogen (secondary N) is 2. The summed E-state index contributed by atoms with van der Waals surface area (Å²) in [4.78, 5) is 12.5. The molecular formula is C20H21N3O2. The average molecular weight is 335 g/mol. The van der Waals surface area contributed by atoms with Crippen molar-refractivity contribution in [3.63, 3.8) is 0 Å². The Balaban J connectivity index is 2.21. The average Bonchev–Trinajstić information content (AvgIpc) is 2.57. The van der Waals surface area contributed by atoms with Crippen LogP contribution in [0, 0.1) is 18.3 Å². The third-order valence-corrected chi connectivity index (χ3v) is 3.76. The Morgan fingerprint density at radius 2 is 1.96 bits per heavy atom. The summed E-state index contributed by atoms with van der Waals surface area (Å²) in [5, 5.41) is 24.4. The zero-order chi connectivity index (χ0) is 18.4. The second-order valence-electron chi connectivity index (χ2n) is 6.01. The molecule has 1 amide bonds. The molecule has 0 atom stereocenters. The Hall–Kier alpha value is -3.26. The molecule has 0 aliphatic carbocycles. The Morgan fingerprint density at radius 1 is 1.24 bits per heavy atom. The lowest BCUT2D eigenvalue weighted by Gasteiger charge is -2.16. The molecular weight excluding hydrogens is 314 g/mol. The van der Waals surface area contributed by atoms with Gasteiger partial charge in [-0.15, -0.1) is 0 Å². The van der Waals surface area contributed by atoms with Gasteiger partial charge in [-0.25, -0.2) is 0 Å². The minimum absolute atomic E-state index is 0.0543. The van der Waals surface area contributed by atoms with Crippen molar-refractivity contribution >= 4 is 17.3 Å². The van der Waals surface area contributed by atoms with Crippen molar-refractivity contribution in [2.45, 2.75) is 26.7 Å². The zero-order valence-electron chi connectivity index (χ0n) is 14.5. The van der Waals surface area contributed by atoms with Gasteiger partial charge in [0.15, 0.2) is 0 Å². The third kappa shape index (κ3) is 4.61. The van der Waals surface area contributed by atoms with E-state index in [0.29, 0.717) is 5.69 Å². The molecule has 0 aliphatic rings. The van der Waals surface area contributed by atoms with Gasteiger partial charge in [0.25, 0.3) is 5.91 Å². The first-order valence-corrected chi connectivity index (χ1v) is 7.99. The fraction of sp³-hybridized carbons (Fsp3) is 0.200. The molecule has 0 aromatic heterocycles. The van der Waals surface area contributed by atoms with E-state index in [2.05, 4.69) is 24.5 Å². The van der Waals surface area contributed by atoms with Crippen LogP contribution in [0.25, 0.3) is 0 Å². The van der Waals surface area contributed by atoms with E-state index in [1.54, 1.807) is 18.2 Å². The Morgan fingerprint density at radius 3 is 2.60 bits per heavy atom. The predicted octanol–water partition coefficient (Wildman–Crippen LogP) is 4.28. The molecule has 0 bridgehead atoms. The maximum atomic E-state index is 12.5. The summed E-state index contributed by atoms with van der Waals surface area (Å²) in [7, 11) is 0. The summed E-state index contributed by atoms with van der Waals surface area (Å²) in [5.41, 5.74) is 3.23. The van der Waals surface area contributed by atoms with Crippen molar-refractivity contribution < 1.29 is 9.90 Å². The van der Waals surface area contributed by atoms with E-state index in [0.717, 1.165) is 16.8 Å². The molecule has 128 valence electrons. The molecule has 0 saturated heterocycles. The Labute approximate surface area is 147 Å². The highest BCUT2D eigenvalue weighted by molar-refractivity contribution is 6.07. The third-order valence-electron chi connectivity index (χ3n) is 3.76. The molecule has 0 heterocycles. The monoisotopic (exact) mass is 335 g/mol. The lowest BCUT2D eigenvalue weighted by molar-refractivity contribution is -0.112. The van der Waals surface area contributed by atoms with Crippen LogP contribution in [0.5, 0.6) is 5.75 Å². The number of rotatable bonds is 5. The molecule has 0 saturated carbocycles. The van der Waals surface area contributed by atoms with Gasteiger partial charge in [0.2, 0.25) is 0 Å². The highest BCUT2D eigenvalue weighted by Crippen LogP contribution is 2.27. The van der Waals surface area contributed by atoms with Gasteiger partial charge < -0.3 is 15.7 Å². The number of carbonyl (C=O) groups excluding carboxylic acids is 1. The largest absolute Gasteiger partial charge is 0.508 e. The summed E-state index contributed by atoms with van der Waals surface area (Å²) in [6.45, 7) is 6.02. The number of hydrogen-bond acceptors (Lipinski definition) is 4. The van der Waals surface area contributed by atoms with Crippen molar-refractivity contribution in [1.82, 2.24) is 0 Å². The van der Waals surface area contributed by atoms with Gasteiger partial charge in [-0.1, -0.05) is 38.1 Å². The summed E-state index contributed by atoms with van der Waals surface area (Å²) >= 11 is 0. The van der Waals surface area contributed by atoms with E-state index in [9.17, 15) is 15.2 Å². The first-order chi connectivity index (χ1) is 11.9. The second-order valence-corrected chi connectivity index (χ2v) is 6.01. The van der Waals surface area contributed by atoms with Crippen LogP contribution >= 0.6 is 0 Å². The van der Waals surface area contributed by atoms with Crippen molar-refractivity contribution in [2.75, 3.05) is 10.6 Å². The molecule has 5 nitrogen and oxygen atoms in total. The van der Waals surface area contributed by atoms with Crippen LogP contribution in [-0.4, -0.2) is 11.0 Å². The smallest absolute Gasteiger partial charge is 0.267 e. The van der Waals surface area contributed by atoms with E-state index < -0.39 is 5.91 Å². The molecule has 5 heteroatoms. The molecule has 2 aromatic rings. The highest BCUT2D eigenvalue weighted by Gasteiger charge is 2.15. The van der Waals surface area contributed by atoms with E-state index in [1.165, 1.54) is 12.3 Å². The number of phenolic OH excluding ortho intramolecular Hbond substituents is 1. The van der Waals surface area contributed by atoms with Gasteiger partial charge in [-0.3, -0.25) is 4.79 Å². The van der Waals surface area contributed by atoms with Gasteiger partial charge in [-0.05, 0) is 36.1 Å². The SMILES string of the molecule is Cc1cccc(C(C)C)c1NC(=O)/C(C#N)=C\Nc1cccc(O)c1. The quantitative estimate of drug-likeness (QED) is 0.562. The topological polar surface area (TPSA) is 85.2 Å². The Bertz CT molecular complexity index is 848. The summed E-state index contributed by atoms with van der Waals surface area (Å²) < 4.78 is 0. The number of nitriles is 1. The number of aromatic hydroxyl groups is 1. The maximum absolute atomic E-state index is 12.5. The first-order valence-electron chi connectivity index (χ1n) is 7.99. The number of benzene rings is 2. The summed E-state index contributed by atoms with van der Waals surface area (Å²) in [6, 6.07) is 14.2. The minimum Gasteiger partial charge on any atom is -0.508 e. The number of phenols is 1. The van der Waals surface area contributed by atoms with Gasteiger partial charge >= 0.3 is 0 Å². The van der Waals surface area contributed by atoms with E-state index in [1.807, 2.05) is 31.2 Å². The van der Waals surface area contributed by atoms with Crippen molar-refractivity contribution in [2.24, 2.45) is 0 Å². The fourth-order valence-corrected chi connectivity index (χ4v) is 2.42. The number of carbonyl (C=O) groups is 1. The Kier molecular flexibility index (Phi) is 5.80. The zero-order valence-corrected chi connectivity index (χ0v) is 14.5.